The molecule has 0 bridgehead atoms. The van der Waals surface area contributed by atoms with Gasteiger partial charge in [-0.25, -0.2) is 4.79 Å². The van der Waals surface area contributed by atoms with Gasteiger partial charge in [-0.15, -0.1) is 0 Å². The number of likely N-dealkylation sites (N-methyl/N-ethyl adjacent to an activating group) is 1. The van der Waals surface area contributed by atoms with E-state index in [1.165, 1.54) is 4.90 Å². The van der Waals surface area contributed by atoms with E-state index in [4.69, 9.17) is 4.74 Å². The number of ether oxygens (including phenoxy) is 1. The molecule has 0 fully saturated rings. The van der Waals surface area contributed by atoms with Crippen LogP contribution in [0.15, 0.2) is 30.8 Å². The van der Waals surface area contributed by atoms with Gasteiger partial charge in [0, 0.05) is 12.6 Å². The topological polar surface area (TPSA) is 87.7 Å². The SMILES string of the molecule is C=Cc1cccc(C(C(=O)NC(C)C)N(CC)C(=O)C(NC(=O)OC(C)(C)C)C(C)C)c1. The van der Waals surface area contributed by atoms with Gasteiger partial charge in [-0.2, -0.15) is 0 Å². The summed E-state index contributed by atoms with van der Waals surface area (Å²) in [5.74, 6) is -0.838. The molecular formula is C25H39N3O4. The number of nitrogens with one attached hydrogen (secondary N) is 2. The van der Waals surface area contributed by atoms with Crippen LogP contribution in [-0.2, 0) is 14.3 Å². The van der Waals surface area contributed by atoms with Crippen molar-refractivity contribution in [3.8, 4) is 0 Å². The van der Waals surface area contributed by atoms with Gasteiger partial charge in [0.25, 0.3) is 0 Å². The molecule has 1 aromatic rings. The standard InChI is InChI=1S/C25H39N3O4/c1-10-18-13-12-14-19(15-18)21(22(29)26-17(5)6)28(11-2)23(30)20(16(3)4)27-24(31)32-25(7,8)9/h10,12-17,20-21H,1,11H2,2-9H3,(H,26,29)(H,27,31). The Labute approximate surface area is 192 Å². The van der Waals surface area contributed by atoms with Crippen LogP contribution < -0.4 is 10.6 Å². The van der Waals surface area contributed by atoms with Gasteiger partial charge >= 0.3 is 6.09 Å². The van der Waals surface area contributed by atoms with Crippen LogP contribution in [0, 0.1) is 5.92 Å². The second-order valence-electron chi connectivity index (χ2n) is 9.43. The lowest BCUT2D eigenvalue weighted by Crippen LogP contribution is -2.55. The maximum absolute atomic E-state index is 13.6. The number of alkyl carbamates (subject to hydrolysis) is 1. The third-order valence-corrected chi connectivity index (χ3v) is 4.68. The number of amides is 3. The van der Waals surface area contributed by atoms with Gasteiger partial charge in [-0.1, -0.05) is 44.7 Å². The second-order valence-corrected chi connectivity index (χ2v) is 9.43. The first-order chi connectivity index (χ1) is 14.8. The fourth-order valence-electron chi connectivity index (χ4n) is 3.28. The van der Waals surface area contributed by atoms with Crippen molar-refractivity contribution in [2.75, 3.05) is 6.54 Å². The molecule has 32 heavy (non-hydrogen) atoms. The van der Waals surface area contributed by atoms with Crippen LogP contribution >= 0.6 is 0 Å². The lowest BCUT2D eigenvalue weighted by Gasteiger charge is -2.35. The van der Waals surface area contributed by atoms with Crippen LogP contribution in [0.2, 0.25) is 0 Å². The molecule has 0 aromatic heterocycles. The molecule has 0 radical (unpaired) electrons. The van der Waals surface area contributed by atoms with E-state index in [-0.39, 0.29) is 30.3 Å². The van der Waals surface area contributed by atoms with E-state index in [0.29, 0.717) is 5.56 Å². The summed E-state index contributed by atoms with van der Waals surface area (Å²) in [5, 5.41) is 5.61. The number of hydrogen-bond acceptors (Lipinski definition) is 4. The molecule has 1 aromatic carbocycles. The number of benzene rings is 1. The van der Waals surface area contributed by atoms with Crippen molar-refractivity contribution in [3.05, 3.63) is 42.0 Å². The molecular weight excluding hydrogens is 406 g/mol. The average Bonchev–Trinajstić information content (AvgIpc) is 2.67. The lowest BCUT2D eigenvalue weighted by molar-refractivity contribution is -0.143. The van der Waals surface area contributed by atoms with Crippen molar-refractivity contribution in [1.82, 2.24) is 15.5 Å². The molecule has 0 saturated heterocycles. The van der Waals surface area contributed by atoms with Gasteiger partial charge in [0.1, 0.15) is 17.7 Å². The predicted octanol–water partition coefficient (Wildman–Crippen LogP) is 4.29. The highest BCUT2D eigenvalue weighted by Gasteiger charge is 2.36. The van der Waals surface area contributed by atoms with Gasteiger partial charge in [0.2, 0.25) is 11.8 Å². The normalized spacial score (nSPS) is 13.3. The summed E-state index contributed by atoms with van der Waals surface area (Å²) in [6, 6.07) is 5.59. The molecule has 7 heteroatoms. The van der Waals surface area contributed by atoms with Gasteiger partial charge in [-0.3, -0.25) is 9.59 Å². The van der Waals surface area contributed by atoms with E-state index in [9.17, 15) is 14.4 Å². The zero-order valence-electron chi connectivity index (χ0n) is 20.7. The van der Waals surface area contributed by atoms with Gasteiger partial charge < -0.3 is 20.3 Å². The Bertz CT molecular complexity index is 812. The Morgan fingerprint density at radius 2 is 1.75 bits per heavy atom. The van der Waals surface area contributed by atoms with Crippen molar-refractivity contribution in [3.63, 3.8) is 0 Å². The number of carbonyl (C=O) groups excluding carboxylic acids is 3. The van der Waals surface area contributed by atoms with E-state index >= 15 is 0 Å². The maximum Gasteiger partial charge on any atom is 0.408 e. The molecule has 3 amide bonds. The van der Waals surface area contributed by atoms with E-state index < -0.39 is 23.8 Å². The van der Waals surface area contributed by atoms with E-state index in [1.54, 1.807) is 26.8 Å². The minimum atomic E-state index is -0.850. The smallest absolute Gasteiger partial charge is 0.408 e. The summed E-state index contributed by atoms with van der Waals surface area (Å²) in [4.78, 5) is 40.7. The first-order valence-electron chi connectivity index (χ1n) is 11.1. The zero-order valence-corrected chi connectivity index (χ0v) is 20.7. The molecule has 178 valence electrons. The molecule has 0 heterocycles. The average molecular weight is 446 g/mol. The molecule has 0 spiro atoms. The second kappa shape index (κ2) is 11.7. The van der Waals surface area contributed by atoms with Crippen LogP contribution in [0.3, 0.4) is 0 Å². The summed E-state index contributed by atoms with van der Waals surface area (Å²) in [7, 11) is 0. The molecule has 7 nitrogen and oxygen atoms in total. The van der Waals surface area contributed by atoms with Crippen LogP contribution in [0.1, 0.15) is 72.6 Å². The Kier molecular flexibility index (Phi) is 9.94. The first-order valence-corrected chi connectivity index (χ1v) is 11.1. The van der Waals surface area contributed by atoms with Crippen molar-refractivity contribution < 1.29 is 19.1 Å². The lowest BCUT2D eigenvalue weighted by atomic mass is 9.97. The number of hydrogen-bond donors (Lipinski definition) is 2. The molecule has 0 aliphatic carbocycles. The monoisotopic (exact) mass is 445 g/mol. The van der Waals surface area contributed by atoms with Crippen LogP contribution in [0.5, 0.6) is 0 Å². The zero-order chi connectivity index (χ0) is 24.6. The van der Waals surface area contributed by atoms with Crippen molar-refractivity contribution in [2.45, 2.75) is 79.1 Å². The van der Waals surface area contributed by atoms with Crippen molar-refractivity contribution >= 4 is 24.0 Å². The molecule has 2 N–H and O–H groups in total. The van der Waals surface area contributed by atoms with Crippen molar-refractivity contribution in [1.29, 1.82) is 0 Å². The van der Waals surface area contributed by atoms with Gasteiger partial charge in [-0.05, 0) is 64.7 Å². The highest BCUT2D eigenvalue weighted by molar-refractivity contribution is 5.92. The summed E-state index contributed by atoms with van der Waals surface area (Å²) in [5.41, 5.74) is 0.834. The Balaban J connectivity index is 3.37. The Morgan fingerprint density at radius 3 is 2.22 bits per heavy atom. The first kappa shape index (κ1) is 27.2. The van der Waals surface area contributed by atoms with Crippen molar-refractivity contribution in [2.24, 2.45) is 5.92 Å². The minimum absolute atomic E-state index is 0.0952. The van der Waals surface area contributed by atoms with E-state index in [2.05, 4.69) is 17.2 Å². The molecule has 2 unspecified atom stereocenters. The molecule has 1 rings (SSSR count). The van der Waals surface area contributed by atoms with Crippen LogP contribution in [0.4, 0.5) is 4.79 Å². The largest absolute Gasteiger partial charge is 0.444 e. The number of carbonyl (C=O) groups is 3. The fraction of sp³-hybridized carbons (Fsp3) is 0.560. The molecule has 0 saturated carbocycles. The van der Waals surface area contributed by atoms with Crippen LogP contribution in [-0.4, -0.2) is 47.0 Å². The van der Waals surface area contributed by atoms with Gasteiger partial charge in [0.05, 0.1) is 0 Å². The Hall–Kier alpha value is -2.83. The maximum atomic E-state index is 13.6. The van der Waals surface area contributed by atoms with E-state index in [0.717, 1.165) is 5.56 Å². The molecule has 0 aliphatic heterocycles. The van der Waals surface area contributed by atoms with Crippen LogP contribution in [0.25, 0.3) is 6.08 Å². The number of nitrogens with zero attached hydrogens (tertiary/aromatic N) is 1. The van der Waals surface area contributed by atoms with Gasteiger partial charge in [0.15, 0.2) is 0 Å². The molecule has 0 aliphatic rings. The quantitative estimate of drug-likeness (QED) is 0.593. The third kappa shape index (κ3) is 8.02. The highest BCUT2D eigenvalue weighted by atomic mass is 16.6. The third-order valence-electron chi connectivity index (χ3n) is 4.68. The fourth-order valence-corrected chi connectivity index (χ4v) is 3.28. The minimum Gasteiger partial charge on any atom is -0.444 e. The summed E-state index contributed by atoms with van der Waals surface area (Å²) < 4.78 is 5.35. The Morgan fingerprint density at radius 1 is 1.12 bits per heavy atom. The highest BCUT2D eigenvalue weighted by Crippen LogP contribution is 2.25. The summed E-state index contributed by atoms with van der Waals surface area (Å²) in [6.07, 6.45) is 1.03. The number of rotatable bonds is 9. The molecule has 2 atom stereocenters. The summed E-state index contributed by atoms with van der Waals surface area (Å²) >= 11 is 0. The predicted molar refractivity (Wildman–Crippen MR) is 128 cm³/mol. The summed E-state index contributed by atoms with van der Waals surface area (Å²) in [6.45, 7) is 18.6. The van der Waals surface area contributed by atoms with E-state index in [1.807, 2.05) is 58.9 Å².